The number of guanidine groups is 1. The molecule has 7 heteroatoms. The van der Waals surface area contributed by atoms with E-state index in [1.165, 1.54) is 18.2 Å². The van der Waals surface area contributed by atoms with Crippen LogP contribution in [0.4, 0.5) is 13.2 Å². The number of nitrogens with zero attached hydrogens (tertiary/aromatic N) is 1. The van der Waals surface area contributed by atoms with Gasteiger partial charge in [-0.3, -0.25) is 4.99 Å². The smallest absolute Gasteiger partial charge is 0.382 e. The third kappa shape index (κ3) is 4.13. The van der Waals surface area contributed by atoms with Crippen molar-refractivity contribution in [3.8, 4) is 0 Å². The maximum absolute atomic E-state index is 12.3. The summed E-state index contributed by atoms with van der Waals surface area (Å²) < 4.78 is 36.8. The number of aliphatic hydroxyl groups is 1. The van der Waals surface area contributed by atoms with Crippen molar-refractivity contribution in [2.24, 2.45) is 4.99 Å². The number of aryl methyl sites for hydroxylation is 1. The molecule has 0 aliphatic heterocycles. The Kier molecular flexibility index (Phi) is 5.28. The highest BCUT2D eigenvalue weighted by molar-refractivity contribution is 5.79. The standard InChI is InChI=1S/C15H20F3N3O/c1-19-14(21-9-13(22)15(16,17)18)20-8-11-7-6-10-4-2-3-5-12(10)11/h2-5,11,13,22H,6-9H2,1H3,(H2,19,20,21). The average molecular weight is 315 g/mol. The summed E-state index contributed by atoms with van der Waals surface area (Å²) >= 11 is 0. The van der Waals surface area contributed by atoms with Crippen LogP contribution in [0.25, 0.3) is 0 Å². The Bertz CT molecular complexity index is 531. The molecule has 0 saturated carbocycles. The number of hydrogen-bond acceptors (Lipinski definition) is 2. The first-order chi connectivity index (χ1) is 10.4. The van der Waals surface area contributed by atoms with Crippen LogP contribution in [0.1, 0.15) is 23.5 Å². The molecule has 2 atom stereocenters. The van der Waals surface area contributed by atoms with Crippen LogP contribution >= 0.6 is 0 Å². The van der Waals surface area contributed by atoms with E-state index in [0.717, 1.165) is 12.8 Å². The molecular weight excluding hydrogens is 295 g/mol. The number of rotatable bonds is 4. The molecule has 1 aromatic carbocycles. The van der Waals surface area contributed by atoms with Crippen molar-refractivity contribution in [3.63, 3.8) is 0 Å². The molecule has 1 aromatic rings. The first kappa shape index (κ1) is 16.6. The van der Waals surface area contributed by atoms with E-state index in [1.807, 2.05) is 12.1 Å². The highest BCUT2D eigenvalue weighted by atomic mass is 19.4. The normalized spacial score (nSPS) is 19.7. The zero-order valence-corrected chi connectivity index (χ0v) is 12.3. The topological polar surface area (TPSA) is 56.7 Å². The van der Waals surface area contributed by atoms with Gasteiger partial charge in [0, 0.05) is 19.5 Å². The van der Waals surface area contributed by atoms with Crippen LogP contribution in [-0.4, -0.2) is 43.5 Å². The van der Waals surface area contributed by atoms with Crippen molar-refractivity contribution in [1.29, 1.82) is 0 Å². The summed E-state index contributed by atoms with van der Waals surface area (Å²) in [5.41, 5.74) is 2.60. The van der Waals surface area contributed by atoms with Gasteiger partial charge in [0.25, 0.3) is 0 Å². The van der Waals surface area contributed by atoms with E-state index in [2.05, 4.69) is 27.8 Å². The van der Waals surface area contributed by atoms with Crippen molar-refractivity contribution in [2.75, 3.05) is 20.1 Å². The maximum atomic E-state index is 12.3. The van der Waals surface area contributed by atoms with E-state index >= 15 is 0 Å². The Balaban J connectivity index is 1.83. The minimum Gasteiger partial charge on any atom is -0.382 e. The fraction of sp³-hybridized carbons (Fsp3) is 0.533. The second kappa shape index (κ2) is 7.00. The number of nitrogens with one attached hydrogen (secondary N) is 2. The highest BCUT2D eigenvalue weighted by Crippen LogP contribution is 2.32. The second-order valence-corrected chi connectivity index (χ2v) is 5.33. The number of benzene rings is 1. The van der Waals surface area contributed by atoms with Gasteiger partial charge in [0.1, 0.15) is 0 Å². The number of hydrogen-bond donors (Lipinski definition) is 3. The Morgan fingerprint density at radius 3 is 2.77 bits per heavy atom. The average Bonchev–Trinajstić information content (AvgIpc) is 2.89. The number of aliphatic hydroxyl groups excluding tert-OH is 1. The molecule has 0 heterocycles. The summed E-state index contributed by atoms with van der Waals surface area (Å²) in [7, 11) is 1.48. The molecule has 1 aliphatic rings. The second-order valence-electron chi connectivity index (χ2n) is 5.33. The van der Waals surface area contributed by atoms with Crippen molar-refractivity contribution in [1.82, 2.24) is 10.6 Å². The third-order valence-corrected chi connectivity index (χ3v) is 3.84. The van der Waals surface area contributed by atoms with Crippen LogP contribution < -0.4 is 10.6 Å². The van der Waals surface area contributed by atoms with Crippen molar-refractivity contribution in [3.05, 3.63) is 35.4 Å². The van der Waals surface area contributed by atoms with E-state index in [4.69, 9.17) is 5.11 Å². The molecule has 3 N–H and O–H groups in total. The molecule has 0 fully saturated rings. The lowest BCUT2D eigenvalue weighted by Gasteiger charge is -2.19. The van der Waals surface area contributed by atoms with Crippen LogP contribution in [0, 0.1) is 0 Å². The molecule has 1 aliphatic carbocycles. The van der Waals surface area contributed by atoms with Gasteiger partial charge in [-0.1, -0.05) is 24.3 Å². The van der Waals surface area contributed by atoms with Crippen LogP contribution in [-0.2, 0) is 6.42 Å². The predicted molar refractivity (Wildman–Crippen MR) is 78.9 cm³/mol. The molecule has 0 amide bonds. The largest absolute Gasteiger partial charge is 0.416 e. The predicted octanol–water partition coefficient (Wildman–Crippen LogP) is 1.80. The molecule has 4 nitrogen and oxygen atoms in total. The summed E-state index contributed by atoms with van der Waals surface area (Å²) in [5, 5.41) is 14.5. The van der Waals surface area contributed by atoms with Gasteiger partial charge < -0.3 is 15.7 Å². The first-order valence-electron chi connectivity index (χ1n) is 7.19. The van der Waals surface area contributed by atoms with Crippen molar-refractivity contribution in [2.45, 2.75) is 31.0 Å². The molecule has 2 unspecified atom stereocenters. The number of alkyl halides is 3. The van der Waals surface area contributed by atoms with Crippen LogP contribution in [0.5, 0.6) is 0 Å². The Labute approximate surface area is 127 Å². The van der Waals surface area contributed by atoms with E-state index in [0.29, 0.717) is 12.5 Å². The van der Waals surface area contributed by atoms with Crippen LogP contribution in [0.2, 0.25) is 0 Å². The lowest BCUT2D eigenvalue weighted by atomic mass is 10.0. The summed E-state index contributed by atoms with van der Waals surface area (Å²) in [4.78, 5) is 3.87. The van der Waals surface area contributed by atoms with Gasteiger partial charge in [-0.25, -0.2) is 0 Å². The van der Waals surface area contributed by atoms with Gasteiger partial charge in [0.2, 0.25) is 0 Å². The minimum atomic E-state index is -4.63. The molecule has 0 spiro atoms. The minimum absolute atomic E-state index is 0.257. The molecular formula is C15H20F3N3O. The van der Waals surface area contributed by atoms with Gasteiger partial charge in [-0.15, -0.1) is 0 Å². The zero-order valence-electron chi connectivity index (χ0n) is 12.3. The molecule has 0 aromatic heterocycles. The first-order valence-corrected chi connectivity index (χ1v) is 7.19. The Hall–Kier alpha value is -1.76. The summed E-state index contributed by atoms with van der Waals surface area (Å²) in [6, 6.07) is 8.18. The van der Waals surface area contributed by atoms with Crippen molar-refractivity contribution >= 4 is 5.96 Å². The number of aliphatic imine (C=N–C) groups is 1. The number of halogens is 3. The highest BCUT2D eigenvalue weighted by Gasteiger charge is 2.38. The fourth-order valence-electron chi connectivity index (χ4n) is 2.61. The quantitative estimate of drug-likeness (QED) is 0.587. The summed E-state index contributed by atoms with van der Waals surface area (Å²) in [6.07, 6.45) is -5.01. The SMILES string of the molecule is CN=C(NCC1CCc2ccccc21)NCC(O)C(F)(F)F. The van der Waals surface area contributed by atoms with E-state index in [1.54, 1.807) is 0 Å². The Morgan fingerprint density at radius 1 is 1.36 bits per heavy atom. The van der Waals surface area contributed by atoms with Gasteiger partial charge in [0.15, 0.2) is 12.1 Å². The van der Waals surface area contributed by atoms with E-state index in [-0.39, 0.29) is 5.96 Å². The maximum Gasteiger partial charge on any atom is 0.416 e. The molecule has 0 bridgehead atoms. The van der Waals surface area contributed by atoms with Gasteiger partial charge in [0.05, 0.1) is 6.54 Å². The fourth-order valence-corrected chi connectivity index (χ4v) is 2.61. The molecule has 2 rings (SSSR count). The molecule has 22 heavy (non-hydrogen) atoms. The number of fused-ring (bicyclic) bond motifs is 1. The zero-order chi connectivity index (χ0) is 16.2. The molecule has 122 valence electrons. The van der Waals surface area contributed by atoms with Gasteiger partial charge in [-0.2, -0.15) is 13.2 Å². The van der Waals surface area contributed by atoms with Crippen molar-refractivity contribution < 1.29 is 18.3 Å². The summed E-state index contributed by atoms with van der Waals surface area (Å²) in [5.74, 6) is 0.579. The van der Waals surface area contributed by atoms with Crippen LogP contribution in [0.15, 0.2) is 29.3 Å². The third-order valence-electron chi connectivity index (χ3n) is 3.84. The lowest BCUT2D eigenvalue weighted by Crippen LogP contribution is -2.46. The van der Waals surface area contributed by atoms with E-state index < -0.39 is 18.8 Å². The monoisotopic (exact) mass is 315 g/mol. The lowest BCUT2D eigenvalue weighted by molar-refractivity contribution is -0.201. The van der Waals surface area contributed by atoms with Crippen LogP contribution in [0.3, 0.4) is 0 Å². The van der Waals surface area contributed by atoms with Gasteiger partial charge >= 0.3 is 6.18 Å². The van der Waals surface area contributed by atoms with E-state index in [9.17, 15) is 13.2 Å². The molecule has 0 radical (unpaired) electrons. The molecule has 0 saturated heterocycles. The van der Waals surface area contributed by atoms with Gasteiger partial charge in [-0.05, 0) is 24.0 Å². The summed E-state index contributed by atoms with van der Waals surface area (Å²) in [6.45, 7) is -0.0246. The Morgan fingerprint density at radius 2 is 2.09 bits per heavy atom.